The monoisotopic (exact) mass is 431 g/mol. The van der Waals surface area contributed by atoms with Crippen molar-refractivity contribution in [1.82, 2.24) is 4.90 Å². The van der Waals surface area contributed by atoms with Crippen LogP contribution in [0.5, 0.6) is 0 Å². The van der Waals surface area contributed by atoms with Crippen molar-refractivity contribution in [1.29, 1.82) is 0 Å². The quantitative estimate of drug-likeness (QED) is 0.293. The number of carbonyl (C=O) groups excluding carboxylic acids is 1. The van der Waals surface area contributed by atoms with Crippen LogP contribution in [0, 0.1) is 17.7 Å². The number of hydrogen-bond donors (Lipinski definition) is 0. The van der Waals surface area contributed by atoms with Crippen LogP contribution in [-0.4, -0.2) is 23.9 Å². The van der Waals surface area contributed by atoms with Gasteiger partial charge in [-0.15, -0.1) is 0 Å². The van der Waals surface area contributed by atoms with E-state index >= 15 is 0 Å². The minimum Gasteiger partial charge on any atom is -0.338 e. The van der Waals surface area contributed by atoms with Crippen LogP contribution in [0.4, 0.5) is 17.6 Å². The Morgan fingerprint density at radius 2 is 1.43 bits per heavy atom. The first-order valence-corrected chi connectivity index (χ1v) is 11.3. The second-order valence-corrected chi connectivity index (χ2v) is 8.23. The number of alkyl halides is 3. The van der Waals surface area contributed by atoms with E-state index in [1.807, 2.05) is 13.8 Å². The minimum atomic E-state index is -4.71. The molecule has 2 unspecified atom stereocenters. The van der Waals surface area contributed by atoms with Crippen LogP contribution in [-0.2, 0) is 6.18 Å². The lowest BCUT2D eigenvalue weighted by Gasteiger charge is -2.31. The lowest BCUT2D eigenvalue weighted by molar-refractivity contribution is -0.138. The number of benzene rings is 1. The molecule has 0 saturated carbocycles. The van der Waals surface area contributed by atoms with Gasteiger partial charge < -0.3 is 4.90 Å². The summed E-state index contributed by atoms with van der Waals surface area (Å²) in [6, 6.07) is 2.16. The van der Waals surface area contributed by atoms with Crippen molar-refractivity contribution in [3.8, 4) is 0 Å². The third-order valence-electron chi connectivity index (χ3n) is 5.85. The molecule has 1 amide bonds. The summed E-state index contributed by atoms with van der Waals surface area (Å²) < 4.78 is 54.3. The minimum absolute atomic E-state index is 0.223. The average molecular weight is 432 g/mol. The van der Waals surface area contributed by atoms with Gasteiger partial charge in [-0.3, -0.25) is 4.79 Å². The van der Waals surface area contributed by atoms with Crippen molar-refractivity contribution in [3.05, 3.63) is 35.1 Å². The standard InChI is InChI=1S/C24H37F4NO/c1-5-9-11-18(7-3)16-29(17-19(8-4)12-10-6-2)23(30)21-15-20(25)13-14-22(21)24(26,27)28/h13-15,18-19H,5-12,16-17H2,1-4H3. The van der Waals surface area contributed by atoms with Gasteiger partial charge in [0.2, 0.25) is 0 Å². The summed E-state index contributed by atoms with van der Waals surface area (Å²) in [6.45, 7) is 9.09. The molecule has 1 rings (SSSR count). The summed E-state index contributed by atoms with van der Waals surface area (Å²) in [7, 11) is 0. The number of halogens is 4. The Morgan fingerprint density at radius 1 is 0.933 bits per heavy atom. The van der Waals surface area contributed by atoms with E-state index in [9.17, 15) is 22.4 Å². The lowest BCUT2D eigenvalue weighted by atomic mass is 9.94. The summed E-state index contributed by atoms with van der Waals surface area (Å²) in [4.78, 5) is 14.8. The smallest absolute Gasteiger partial charge is 0.338 e. The fraction of sp³-hybridized carbons (Fsp3) is 0.708. The Kier molecular flexibility index (Phi) is 11.4. The zero-order valence-electron chi connectivity index (χ0n) is 18.8. The van der Waals surface area contributed by atoms with Gasteiger partial charge in [0.05, 0.1) is 11.1 Å². The summed E-state index contributed by atoms with van der Waals surface area (Å²) in [6.07, 6.45) is 2.94. The zero-order valence-corrected chi connectivity index (χ0v) is 18.8. The topological polar surface area (TPSA) is 20.3 Å². The average Bonchev–Trinajstić information content (AvgIpc) is 2.71. The van der Waals surface area contributed by atoms with E-state index in [2.05, 4.69) is 13.8 Å². The maximum absolute atomic E-state index is 13.8. The first-order valence-electron chi connectivity index (χ1n) is 11.3. The highest BCUT2D eigenvalue weighted by molar-refractivity contribution is 5.96. The summed E-state index contributed by atoms with van der Waals surface area (Å²) in [5.74, 6) is -1.10. The van der Waals surface area contributed by atoms with Gasteiger partial charge in [0, 0.05) is 13.1 Å². The highest BCUT2D eigenvalue weighted by Gasteiger charge is 2.37. The molecule has 0 spiro atoms. The predicted octanol–water partition coefficient (Wildman–Crippen LogP) is 7.72. The second-order valence-electron chi connectivity index (χ2n) is 8.23. The van der Waals surface area contributed by atoms with Gasteiger partial charge in [-0.05, 0) is 42.9 Å². The molecule has 0 saturated heterocycles. The number of unbranched alkanes of at least 4 members (excludes halogenated alkanes) is 2. The van der Waals surface area contributed by atoms with Gasteiger partial charge in [0.25, 0.3) is 5.91 Å². The molecule has 0 fully saturated rings. The summed E-state index contributed by atoms with van der Waals surface area (Å²) in [5, 5.41) is 0. The molecule has 0 aromatic heterocycles. The Bertz CT molecular complexity index is 627. The molecule has 2 nitrogen and oxygen atoms in total. The molecular weight excluding hydrogens is 394 g/mol. The SMILES string of the molecule is CCCCC(CC)CN(CC(CC)CCCC)C(=O)c1cc(F)ccc1C(F)(F)F. The number of hydrogen-bond acceptors (Lipinski definition) is 1. The number of carbonyl (C=O) groups is 1. The Balaban J connectivity index is 3.25. The van der Waals surface area contributed by atoms with Crippen molar-refractivity contribution in [2.75, 3.05) is 13.1 Å². The third kappa shape index (κ3) is 8.27. The molecule has 172 valence electrons. The molecule has 0 heterocycles. The highest BCUT2D eigenvalue weighted by Crippen LogP contribution is 2.33. The van der Waals surface area contributed by atoms with Crippen LogP contribution in [0.1, 0.15) is 95.0 Å². The maximum Gasteiger partial charge on any atom is 0.417 e. The highest BCUT2D eigenvalue weighted by atomic mass is 19.4. The van der Waals surface area contributed by atoms with E-state index in [-0.39, 0.29) is 11.8 Å². The van der Waals surface area contributed by atoms with Crippen LogP contribution in [0.15, 0.2) is 18.2 Å². The number of nitrogens with zero attached hydrogens (tertiary/aromatic N) is 1. The van der Waals surface area contributed by atoms with E-state index in [4.69, 9.17) is 0 Å². The molecule has 0 aliphatic heterocycles. The number of amides is 1. The van der Waals surface area contributed by atoms with Crippen molar-refractivity contribution in [2.45, 2.75) is 85.2 Å². The Labute approximate surface area is 179 Å². The molecule has 1 aromatic rings. The molecule has 2 atom stereocenters. The molecule has 0 aliphatic carbocycles. The van der Waals surface area contributed by atoms with Crippen molar-refractivity contribution >= 4 is 5.91 Å². The van der Waals surface area contributed by atoms with Gasteiger partial charge >= 0.3 is 6.18 Å². The fourth-order valence-corrected chi connectivity index (χ4v) is 3.81. The molecule has 30 heavy (non-hydrogen) atoms. The van der Waals surface area contributed by atoms with E-state index in [1.165, 1.54) is 0 Å². The third-order valence-corrected chi connectivity index (χ3v) is 5.85. The molecule has 0 bridgehead atoms. The van der Waals surface area contributed by atoms with E-state index in [0.717, 1.165) is 63.5 Å². The van der Waals surface area contributed by atoms with Crippen LogP contribution < -0.4 is 0 Å². The Morgan fingerprint density at radius 3 is 1.83 bits per heavy atom. The van der Waals surface area contributed by atoms with Gasteiger partial charge in [-0.25, -0.2) is 4.39 Å². The first kappa shape index (κ1) is 26.4. The van der Waals surface area contributed by atoms with Gasteiger partial charge in [0.1, 0.15) is 5.82 Å². The summed E-state index contributed by atoms with van der Waals surface area (Å²) >= 11 is 0. The van der Waals surface area contributed by atoms with Gasteiger partial charge in [0.15, 0.2) is 0 Å². The molecule has 0 aliphatic rings. The molecule has 1 aromatic carbocycles. The fourth-order valence-electron chi connectivity index (χ4n) is 3.81. The largest absolute Gasteiger partial charge is 0.417 e. The van der Waals surface area contributed by atoms with Crippen molar-refractivity contribution in [3.63, 3.8) is 0 Å². The second kappa shape index (κ2) is 13.0. The predicted molar refractivity (Wildman–Crippen MR) is 114 cm³/mol. The first-order chi connectivity index (χ1) is 14.2. The van der Waals surface area contributed by atoms with Crippen molar-refractivity contribution in [2.24, 2.45) is 11.8 Å². The lowest BCUT2D eigenvalue weighted by Crippen LogP contribution is -2.39. The van der Waals surface area contributed by atoms with Crippen molar-refractivity contribution < 1.29 is 22.4 Å². The number of rotatable bonds is 13. The normalized spacial score (nSPS) is 13.9. The van der Waals surface area contributed by atoms with Crippen LogP contribution in [0.3, 0.4) is 0 Å². The molecule has 0 radical (unpaired) electrons. The molecule has 0 N–H and O–H groups in total. The Hall–Kier alpha value is -1.59. The molecular formula is C24H37F4NO. The zero-order chi connectivity index (χ0) is 22.7. The molecule has 6 heteroatoms. The van der Waals surface area contributed by atoms with E-state index in [0.29, 0.717) is 19.2 Å². The van der Waals surface area contributed by atoms with Crippen LogP contribution in [0.25, 0.3) is 0 Å². The van der Waals surface area contributed by atoms with E-state index in [1.54, 1.807) is 4.90 Å². The van der Waals surface area contributed by atoms with Gasteiger partial charge in [-0.1, -0.05) is 66.2 Å². The maximum atomic E-state index is 13.8. The van der Waals surface area contributed by atoms with Gasteiger partial charge in [-0.2, -0.15) is 13.2 Å². The van der Waals surface area contributed by atoms with Crippen LogP contribution in [0.2, 0.25) is 0 Å². The van der Waals surface area contributed by atoms with E-state index < -0.39 is 29.0 Å². The summed E-state index contributed by atoms with van der Waals surface area (Å²) in [5.41, 5.74) is -1.65. The van der Waals surface area contributed by atoms with Crippen LogP contribution >= 0.6 is 0 Å².